The van der Waals surface area contributed by atoms with Gasteiger partial charge in [-0.3, -0.25) is 9.69 Å². The van der Waals surface area contributed by atoms with Crippen molar-refractivity contribution in [3.8, 4) is 11.5 Å². The molecule has 7 heteroatoms. The Morgan fingerprint density at radius 1 is 1.04 bits per heavy atom. The van der Waals surface area contributed by atoms with Gasteiger partial charge in [0.05, 0.1) is 25.9 Å². The highest BCUT2D eigenvalue weighted by Crippen LogP contribution is 2.30. The Kier molecular flexibility index (Phi) is 6.36. The topological polar surface area (TPSA) is 54.0 Å². The first-order valence-corrected chi connectivity index (χ1v) is 9.30. The number of para-hydroxylation sites is 1. The molecule has 2 aromatic carbocycles. The van der Waals surface area contributed by atoms with Crippen molar-refractivity contribution in [2.75, 3.05) is 50.6 Å². The molecular formula is C21H26FN3O3. The minimum Gasteiger partial charge on any atom is -0.493 e. The molecule has 1 aliphatic heterocycles. The van der Waals surface area contributed by atoms with Crippen molar-refractivity contribution in [1.82, 2.24) is 4.90 Å². The molecule has 1 unspecified atom stereocenters. The van der Waals surface area contributed by atoms with Gasteiger partial charge in [0.25, 0.3) is 0 Å². The first-order chi connectivity index (χ1) is 13.5. The fraction of sp³-hybridized carbons (Fsp3) is 0.381. The number of anilines is 2. The van der Waals surface area contributed by atoms with Crippen molar-refractivity contribution < 1.29 is 18.7 Å². The van der Waals surface area contributed by atoms with Gasteiger partial charge in [-0.2, -0.15) is 0 Å². The minimum atomic E-state index is -0.295. The molecule has 1 N–H and O–H groups in total. The van der Waals surface area contributed by atoms with Gasteiger partial charge in [0.1, 0.15) is 5.82 Å². The standard InChI is InChI=1S/C21H26FN3O3/c1-15(21(26)23-16-8-9-19(27-2)20(14-16)28-3)24-10-12-25(13-11-24)18-7-5-4-6-17(18)22/h4-9,14-15H,10-13H2,1-3H3,(H,23,26). The second-order valence-corrected chi connectivity index (χ2v) is 6.71. The Hall–Kier alpha value is -2.80. The predicted molar refractivity (Wildman–Crippen MR) is 108 cm³/mol. The van der Waals surface area contributed by atoms with Gasteiger partial charge in [0.15, 0.2) is 11.5 Å². The maximum Gasteiger partial charge on any atom is 0.241 e. The molecule has 0 saturated carbocycles. The predicted octanol–water partition coefficient (Wildman–Crippen LogP) is 2.99. The van der Waals surface area contributed by atoms with Crippen LogP contribution in [0.5, 0.6) is 11.5 Å². The molecule has 0 aromatic heterocycles. The van der Waals surface area contributed by atoms with Crippen molar-refractivity contribution in [3.05, 3.63) is 48.3 Å². The van der Waals surface area contributed by atoms with Gasteiger partial charge in [-0.1, -0.05) is 12.1 Å². The number of nitrogens with one attached hydrogen (secondary N) is 1. The third-order valence-electron chi connectivity index (χ3n) is 5.09. The smallest absolute Gasteiger partial charge is 0.241 e. The van der Waals surface area contributed by atoms with Crippen LogP contribution in [0.1, 0.15) is 6.92 Å². The molecule has 1 aliphatic rings. The van der Waals surface area contributed by atoms with E-state index in [0.717, 1.165) is 0 Å². The van der Waals surface area contributed by atoms with Gasteiger partial charge in [0.2, 0.25) is 5.91 Å². The van der Waals surface area contributed by atoms with E-state index in [1.54, 1.807) is 44.6 Å². The number of amides is 1. The second kappa shape index (κ2) is 8.93. The number of hydrogen-bond donors (Lipinski definition) is 1. The molecule has 1 heterocycles. The van der Waals surface area contributed by atoms with Crippen LogP contribution >= 0.6 is 0 Å². The minimum absolute atomic E-state index is 0.0911. The third kappa shape index (κ3) is 4.36. The number of benzene rings is 2. The quantitative estimate of drug-likeness (QED) is 0.826. The zero-order valence-corrected chi connectivity index (χ0v) is 16.4. The van der Waals surface area contributed by atoms with Gasteiger partial charge in [-0.25, -0.2) is 4.39 Å². The zero-order valence-electron chi connectivity index (χ0n) is 16.4. The van der Waals surface area contributed by atoms with Crippen LogP contribution in [0.4, 0.5) is 15.8 Å². The lowest BCUT2D eigenvalue weighted by molar-refractivity contribution is -0.120. The van der Waals surface area contributed by atoms with E-state index in [-0.39, 0.29) is 17.8 Å². The number of carbonyl (C=O) groups is 1. The van der Waals surface area contributed by atoms with Crippen LogP contribution in [-0.4, -0.2) is 57.2 Å². The fourth-order valence-electron chi connectivity index (χ4n) is 3.38. The molecule has 0 aliphatic carbocycles. The Morgan fingerprint density at radius 3 is 2.36 bits per heavy atom. The van der Waals surface area contributed by atoms with Crippen molar-refractivity contribution in [1.29, 1.82) is 0 Å². The molecule has 0 radical (unpaired) electrons. The second-order valence-electron chi connectivity index (χ2n) is 6.71. The lowest BCUT2D eigenvalue weighted by Crippen LogP contribution is -2.53. The van der Waals surface area contributed by atoms with E-state index in [1.165, 1.54) is 6.07 Å². The van der Waals surface area contributed by atoms with Gasteiger partial charge < -0.3 is 19.7 Å². The summed E-state index contributed by atoms with van der Waals surface area (Å²) in [6.07, 6.45) is 0. The van der Waals surface area contributed by atoms with Crippen LogP contribution in [0.3, 0.4) is 0 Å². The third-order valence-corrected chi connectivity index (χ3v) is 5.09. The lowest BCUT2D eigenvalue weighted by atomic mass is 10.2. The van der Waals surface area contributed by atoms with Crippen LogP contribution in [0, 0.1) is 5.82 Å². The molecule has 150 valence electrons. The van der Waals surface area contributed by atoms with Crippen molar-refractivity contribution >= 4 is 17.3 Å². The van der Waals surface area contributed by atoms with Gasteiger partial charge in [-0.15, -0.1) is 0 Å². The number of nitrogens with zero attached hydrogens (tertiary/aromatic N) is 2. The average Bonchev–Trinajstić information content (AvgIpc) is 2.73. The maximum absolute atomic E-state index is 14.0. The number of rotatable bonds is 6. The van der Waals surface area contributed by atoms with E-state index in [0.29, 0.717) is 49.1 Å². The Morgan fingerprint density at radius 2 is 1.71 bits per heavy atom. The molecule has 3 rings (SSSR count). The summed E-state index contributed by atoms with van der Waals surface area (Å²) in [6, 6.07) is 11.8. The van der Waals surface area contributed by atoms with Gasteiger partial charge >= 0.3 is 0 Å². The first kappa shape index (κ1) is 19.9. The van der Waals surface area contributed by atoms with Crippen molar-refractivity contribution in [3.63, 3.8) is 0 Å². The van der Waals surface area contributed by atoms with Crippen LogP contribution in [0.2, 0.25) is 0 Å². The van der Waals surface area contributed by atoms with Crippen LogP contribution in [-0.2, 0) is 4.79 Å². The van der Waals surface area contributed by atoms with E-state index < -0.39 is 0 Å². The van der Waals surface area contributed by atoms with Gasteiger partial charge in [0, 0.05) is 37.9 Å². The number of piperazine rings is 1. The van der Waals surface area contributed by atoms with E-state index >= 15 is 0 Å². The van der Waals surface area contributed by atoms with E-state index in [2.05, 4.69) is 10.2 Å². The molecule has 2 aromatic rings. The number of halogens is 1. The largest absolute Gasteiger partial charge is 0.493 e. The summed E-state index contributed by atoms with van der Waals surface area (Å²) in [6.45, 7) is 4.61. The van der Waals surface area contributed by atoms with E-state index in [4.69, 9.17) is 9.47 Å². The summed E-state index contributed by atoms with van der Waals surface area (Å²) >= 11 is 0. The number of ether oxygens (including phenoxy) is 2. The SMILES string of the molecule is COc1ccc(NC(=O)C(C)N2CCN(c3ccccc3F)CC2)cc1OC. The summed E-state index contributed by atoms with van der Waals surface area (Å²) in [5.74, 6) is 0.867. The van der Waals surface area contributed by atoms with Gasteiger partial charge in [-0.05, 0) is 31.2 Å². The first-order valence-electron chi connectivity index (χ1n) is 9.30. The molecule has 1 amide bonds. The molecule has 28 heavy (non-hydrogen) atoms. The summed E-state index contributed by atoms with van der Waals surface area (Å²) in [4.78, 5) is 16.8. The number of carbonyl (C=O) groups excluding carboxylic acids is 1. The highest BCUT2D eigenvalue weighted by Gasteiger charge is 2.26. The Balaban J connectivity index is 1.58. The van der Waals surface area contributed by atoms with E-state index in [1.807, 2.05) is 17.9 Å². The highest BCUT2D eigenvalue weighted by molar-refractivity contribution is 5.94. The molecule has 1 saturated heterocycles. The summed E-state index contributed by atoms with van der Waals surface area (Å²) in [7, 11) is 3.13. The van der Waals surface area contributed by atoms with Crippen LogP contribution in [0.15, 0.2) is 42.5 Å². The van der Waals surface area contributed by atoms with E-state index in [9.17, 15) is 9.18 Å². The Bertz CT molecular complexity index is 822. The highest BCUT2D eigenvalue weighted by atomic mass is 19.1. The monoisotopic (exact) mass is 387 g/mol. The molecular weight excluding hydrogens is 361 g/mol. The summed E-state index contributed by atoms with van der Waals surface area (Å²) in [5.41, 5.74) is 1.27. The normalized spacial score (nSPS) is 15.8. The maximum atomic E-state index is 14.0. The molecule has 0 spiro atoms. The average molecular weight is 387 g/mol. The molecule has 6 nitrogen and oxygen atoms in total. The summed E-state index contributed by atoms with van der Waals surface area (Å²) in [5, 5.41) is 2.93. The summed E-state index contributed by atoms with van der Waals surface area (Å²) < 4.78 is 24.5. The fourth-order valence-corrected chi connectivity index (χ4v) is 3.38. The molecule has 1 atom stereocenters. The van der Waals surface area contributed by atoms with Crippen LogP contribution < -0.4 is 19.7 Å². The van der Waals surface area contributed by atoms with Crippen molar-refractivity contribution in [2.24, 2.45) is 0 Å². The Labute approximate surface area is 164 Å². The number of methoxy groups -OCH3 is 2. The van der Waals surface area contributed by atoms with Crippen molar-refractivity contribution in [2.45, 2.75) is 13.0 Å². The van der Waals surface area contributed by atoms with Crippen LogP contribution in [0.25, 0.3) is 0 Å². The zero-order chi connectivity index (χ0) is 20.1. The lowest BCUT2D eigenvalue weighted by Gasteiger charge is -2.38. The molecule has 1 fully saturated rings. The molecule has 0 bridgehead atoms. The number of hydrogen-bond acceptors (Lipinski definition) is 5.